The number of nitrogens with one attached hydrogen (secondary N) is 1. The molecule has 142 valence electrons. The number of ether oxygens (including phenoxy) is 1. The fourth-order valence-electron chi connectivity index (χ4n) is 3.48. The molecule has 5 nitrogen and oxygen atoms in total. The van der Waals surface area contributed by atoms with E-state index in [0.717, 1.165) is 44.4 Å². The average molecular weight is 377 g/mol. The molecule has 0 aliphatic carbocycles. The highest BCUT2D eigenvalue weighted by Crippen LogP contribution is 2.19. The van der Waals surface area contributed by atoms with Crippen molar-refractivity contribution in [3.05, 3.63) is 41.4 Å². The Morgan fingerprint density at radius 3 is 2.92 bits per heavy atom. The van der Waals surface area contributed by atoms with E-state index in [1.54, 1.807) is 0 Å². The highest BCUT2D eigenvalue weighted by atomic mass is 35.5. The molecule has 0 spiro atoms. The minimum absolute atomic E-state index is 0.0108. The Balaban J connectivity index is 1.55. The van der Waals surface area contributed by atoms with E-state index in [4.69, 9.17) is 21.3 Å². The van der Waals surface area contributed by atoms with E-state index < -0.39 is 0 Å². The van der Waals surface area contributed by atoms with Crippen molar-refractivity contribution in [2.24, 2.45) is 4.99 Å². The summed E-state index contributed by atoms with van der Waals surface area (Å²) < 4.78 is 5.93. The number of guanidine groups is 1. The summed E-state index contributed by atoms with van der Waals surface area (Å²) in [7, 11) is 0. The zero-order valence-corrected chi connectivity index (χ0v) is 16.5. The van der Waals surface area contributed by atoms with Crippen LogP contribution >= 0.6 is 11.6 Å². The van der Waals surface area contributed by atoms with Crippen LogP contribution in [0.3, 0.4) is 0 Å². The van der Waals surface area contributed by atoms with Crippen LogP contribution < -0.4 is 10.1 Å². The van der Waals surface area contributed by atoms with Gasteiger partial charge in [-0.1, -0.05) is 29.8 Å². The fourth-order valence-corrected chi connectivity index (χ4v) is 3.66. The van der Waals surface area contributed by atoms with Crippen molar-refractivity contribution < 1.29 is 4.74 Å². The number of rotatable bonds is 6. The Kier molecular flexibility index (Phi) is 6.80. The molecule has 0 saturated carbocycles. The van der Waals surface area contributed by atoms with Crippen LogP contribution in [0.1, 0.15) is 20.3 Å². The first-order valence-electron chi connectivity index (χ1n) is 9.50. The normalized spacial score (nSPS) is 22.0. The number of benzene rings is 1. The minimum atomic E-state index is -0.0108. The summed E-state index contributed by atoms with van der Waals surface area (Å²) in [6.45, 7) is 9.88. The van der Waals surface area contributed by atoms with Crippen molar-refractivity contribution in [1.29, 1.82) is 0 Å². The molecule has 2 heterocycles. The molecule has 1 saturated heterocycles. The maximum Gasteiger partial charge on any atom is 0.194 e. The Bertz CT molecular complexity index is 640. The zero-order chi connectivity index (χ0) is 18.4. The summed E-state index contributed by atoms with van der Waals surface area (Å²) in [4.78, 5) is 9.72. The highest BCUT2D eigenvalue weighted by molar-refractivity contribution is 6.30. The smallest absolute Gasteiger partial charge is 0.194 e. The van der Waals surface area contributed by atoms with Crippen LogP contribution in [-0.2, 0) is 0 Å². The molecule has 2 unspecified atom stereocenters. The van der Waals surface area contributed by atoms with Gasteiger partial charge in [-0.05, 0) is 38.5 Å². The molecule has 1 N–H and O–H groups in total. The summed E-state index contributed by atoms with van der Waals surface area (Å²) in [5, 5.41) is 4.12. The first kappa shape index (κ1) is 19.1. The van der Waals surface area contributed by atoms with Gasteiger partial charge in [0.1, 0.15) is 11.9 Å². The quantitative estimate of drug-likeness (QED) is 0.470. The zero-order valence-electron chi connectivity index (χ0n) is 15.7. The molecule has 1 aromatic carbocycles. The number of nitrogens with zero attached hydrogens (tertiary/aromatic N) is 3. The number of hydrogen-bond donors (Lipinski definition) is 1. The van der Waals surface area contributed by atoms with Gasteiger partial charge < -0.3 is 15.0 Å². The lowest BCUT2D eigenvalue weighted by Gasteiger charge is -2.25. The largest absolute Gasteiger partial charge is 0.489 e. The third kappa shape index (κ3) is 5.15. The van der Waals surface area contributed by atoms with Gasteiger partial charge in [-0.25, -0.2) is 4.99 Å². The van der Waals surface area contributed by atoms with Crippen LogP contribution in [-0.4, -0.2) is 67.2 Å². The Labute approximate surface area is 161 Å². The predicted octanol–water partition coefficient (Wildman–Crippen LogP) is 3.02. The predicted molar refractivity (Wildman–Crippen MR) is 108 cm³/mol. The van der Waals surface area contributed by atoms with Crippen LogP contribution in [0.25, 0.3) is 0 Å². The molecular weight excluding hydrogens is 348 g/mol. The first-order valence-corrected chi connectivity index (χ1v) is 9.88. The second kappa shape index (κ2) is 9.28. The van der Waals surface area contributed by atoms with E-state index in [1.165, 1.54) is 6.42 Å². The van der Waals surface area contributed by atoms with E-state index in [1.807, 2.05) is 31.2 Å². The molecule has 2 aliphatic heterocycles. The van der Waals surface area contributed by atoms with Gasteiger partial charge in [0.2, 0.25) is 0 Å². The van der Waals surface area contributed by atoms with E-state index in [2.05, 4.69) is 34.2 Å². The Hall–Kier alpha value is -1.72. The summed E-state index contributed by atoms with van der Waals surface area (Å²) in [6, 6.07) is 8.12. The molecule has 0 radical (unpaired) electrons. The van der Waals surface area contributed by atoms with Crippen LogP contribution in [0, 0.1) is 0 Å². The number of halogens is 1. The lowest BCUT2D eigenvalue weighted by molar-refractivity contribution is 0.229. The van der Waals surface area contributed by atoms with Gasteiger partial charge in [0.05, 0.1) is 6.54 Å². The summed E-state index contributed by atoms with van der Waals surface area (Å²) >= 11 is 6.02. The molecule has 0 amide bonds. The molecule has 1 fully saturated rings. The fraction of sp³-hybridized carbons (Fsp3) is 0.550. The van der Waals surface area contributed by atoms with Crippen molar-refractivity contribution in [2.75, 3.05) is 39.3 Å². The highest BCUT2D eigenvalue weighted by Gasteiger charge is 2.29. The summed E-state index contributed by atoms with van der Waals surface area (Å²) in [5.74, 6) is 1.77. The van der Waals surface area contributed by atoms with Crippen LogP contribution in [0.15, 0.2) is 41.4 Å². The van der Waals surface area contributed by atoms with Gasteiger partial charge in [0.15, 0.2) is 5.96 Å². The van der Waals surface area contributed by atoms with Gasteiger partial charge in [-0.2, -0.15) is 0 Å². The number of likely N-dealkylation sites (tertiary alicyclic amines) is 1. The lowest BCUT2D eigenvalue weighted by Crippen LogP contribution is -2.43. The second-order valence-electron chi connectivity index (χ2n) is 6.89. The molecule has 2 aliphatic rings. The van der Waals surface area contributed by atoms with Crippen molar-refractivity contribution in [3.63, 3.8) is 0 Å². The van der Waals surface area contributed by atoms with Gasteiger partial charge in [0.25, 0.3) is 0 Å². The van der Waals surface area contributed by atoms with Gasteiger partial charge in [-0.3, -0.25) is 4.90 Å². The van der Waals surface area contributed by atoms with Crippen LogP contribution in [0.2, 0.25) is 5.02 Å². The third-order valence-corrected chi connectivity index (χ3v) is 5.03. The topological polar surface area (TPSA) is 40.1 Å². The van der Waals surface area contributed by atoms with Crippen LogP contribution in [0.5, 0.6) is 5.75 Å². The minimum Gasteiger partial charge on any atom is -0.489 e. The number of hydrogen-bond acceptors (Lipinski definition) is 3. The molecule has 3 rings (SSSR count). The maximum absolute atomic E-state index is 6.02. The average Bonchev–Trinajstić information content (AvgIpc) is 3.29. The monoisotopic (exact) mass is 376 g/mol. The second-order valence-corrected chi connectivity index (χ2v) is 7.33. The van der Waals surface area contributed by atoms with Crippen molar-refractivity contribution in [3.8, 4) is 5.75 Å². The summed E-state index contributed by atoms with van der Waals surface area (Å²) in [5.41, 5.74) is 0. The SMILES string of the molecule is CCNC(=NCC(C)Oc1cccc(Cl)c1)N1CCC(N2CC=CC2)C1. The standard InChI is InChI=1S/C20H29ClN4O/c1-3-22-20(25-12-9-18(15-25)24-10-4-5-11-24)23-14-16(2)26-19-8-6-7-17(21)13-19/h4-8,13,16,18H,3,9-12,14-15H2,1-2H3,(H,22,23). The van der Waals surface area contributed by atoms with Gasteiger partial charge in [-0.15, -0.1) is 0 Å². The molecule has 6 heteroatoms. The Morgan fingerprint density at radius 1 is 1.38 bits per heavy atom. The van der Waals surface area contributed by atoms with Gasteiger partial charge in [0, 0.05) is 43.8 Å². The van der Waals surface area contributed by atoms with Crippen LogP contribution in [0.4, 0.5) is 0 Å². The van der Waals surface area contributed by atoms with Crippen molar-refractivity contribution in [1.82, 2.24) is 15.1 Å². The van der Waals surface area contributed by atoms with Crippen molar-refractivity contribution >= 4 is 17.6 Å². The molecule has 1 aromatic rings. The molecule has 2 atom stereocenters. The van der Waals surface area contributed by atoms with Gasteiger partial charge >= 0.3 is 0 Å². The summed E-state index contributed by atoms with van der Waals surface area (Å²) in [6.07, 6.45) is 5.71. The van der Waals surface area contributed by atoms with E-state index in [-0.39, 0.29) is 6.10 Å². The van der Waals surface area contributed by atoms with Crippen molar-refractivity contribution in [2.45, 2.75) is 32.4 Å². The molecule has 0 aromatic heterocycles. The van der Waals surface area contributed by atoms with E-state index in [0.29, 0.717) is 17.6 Å². The van der Waals surface area contributed by atoms with E-state index in [9.17, 15) is 0 Å². The molecular formula is C20H29ClN4O. The lowest BCUT2D eigenvalue weighted by atomic mass is 10.2. The molecule has 0 bridgehead atoms. The first-order chi connectivity index (χ1) is 12.7. The Morgan fingerprint density at radius 2 is 2.19 bits per heavy atom. The third-order valence-electron chi connectivity index (χ3n) is 4.79. The maximum atomic E-state index is 6.02. The van der Waals surface area contributed by atoms with E-state index >= 15 is 0 Å². The molecule has 26 heavy (non-hydrogen) atoms. The number of aliphatic imine (C=N–C) groups is 1.